The van der Waals surface area contributed by atoms with Gasteiger partial charge in [0, 0.05) is 32.8 Å². The topological polar surface area (TPSA) is 93.6 Å². The van der Waals surface area contributed by atoms with Crippen LogP contribution in [0.2, 0.25) is 0 Å². The lowest BCUT2D eigenvalue weighted by Gasteiger charge is -2.07. The van der Waals surface area contributed by atoms with Crippen LogP contribution in [0.25, 0.3) is 5.82 Å². The Morgan fingerprint density at radius 3 is 2.90 bits per heavy atom. The van der Waals surface area contributed by atoms with Crippen LogP contribution in [0, 0.1) is 18.3 Å². The molecule has 0 unspecified atom stereocenters. The van der Waals surface area contributed by atoms with Crippen molar-refractivity contribution in [1.82, 2.24) is 29.9 Å². The standard InChI is InChI=1S/C12H17N7O/c1-9-10(7-14-4-5-20-3)12(18(2)16-9)19-8-15-11(6-13)17-19/h8,14H,4-5,7H2,1-3H3. The van der Waals surface area contributed by atoms with Gasteiger partial charge in [-0.3, -0.25) is 4.68 Å². The number of nitrogens with one attached hydrogen (secondary N) is 1. The van der Waals surface area contributed by atoms with E-state index in [-0.39, 0.29) is 5.82 Å². The number of rotatable bonds is 6. The maximum Gasteiger partial charge on any atom is 0.252 e. The lowest BCUT2D eigenvalue weighted by Crippen LogP contribution is -2.20. The van der Waals surface area contributed by atoms with Crippen molar-refractivity contribution in [2.45, 2.75) is 13.5 Å². The third-order valence-electron chi connectivity index (χ3n) is 2.91. The minimum Gasteiger partial charge on any atom is -0.383 e. The smallest absolute Gasteiger partial charge is 0.252 e. The van der Waals surface area contributed by atoms with E-state index in [1.807, 2.05) is 20.0 Å². The molecule has 0 bridgehead atoms. The van der Waals surface area contributed by atoms with Gasteiger partial charge in [-0.25, -0.2) is 9.67 Å². The summed E-state index contributed by atoms with van der Waals surface area (Å²) >= 11 is 0. The van der Waals surface area contributed by atoms with E-state index in [0.29, 0.717) is 13.2 Å². The van der Waals surface area contributed by atoms with Crippen molar-refractivity contribution in [3.8, 4) is 11.9 Å². The van der Waals surface area contributed by atoms with E-state index in [9.17, 15) is 0 Å². The van der Waals surface area contributed by atoms with Crippen molar-refractivity contribution >= 4 is 0 Å². The molecule has 0 aliphatic heterocycles. The highest BCUT2D eigenvalue weighted by Crippen LogP contribution is 2.16. The first-order chi connectivity index (χ1) is 9.67. The molecule has 0 radical (unpaired) electrons. The summed E-state index contributed by atoms with van der Waals surface area (Å²) in [6.45, 7) is 4.00. The van der Waals surface area contributed by atoms with Gasteiger partial charge in [0.1, 0.15) is 12.4 Å². The Morgan fingerprint density at radius 2 is 2.25 bits per heavy atom. The number of methoxy groups -OCH3 is 1. The predicted molar refractivity (Wildman–Crippen MR) is 71.2 cm³/mol. The van der Waals surface area contributed by atoms with E-state index in [2.05, 4.69) is 20.5 Å². The highest BCUT2D eigenvalue weighted by Gasteiger charge is 2.16. The Labute approximate surface area is 117 Å². The van der Waals surface area contributed by atoms with E-state index < -0.39 is 0 Å². The van der Waals surface area contributed by atoms with Gasteiger partial charge >= 0.3 is 0 Å². The molecule has 0 amide bonds. The molecule has 0 aromatic carbocycles. The lowest BCUT2D eigenvalue weighted by atomic mass is 10.2. The maximum absolute atomic E-state index is 8.81. The zero-order chi connectivity index (χ0) is 14.5. The van der Waals surface area contributed by atoms with E-state index >= 15 is 0 Å². The second-order valence-electron chi connectivity index (χ2n) is 4.31. The molecular weight excluding hydrogens is 258 g/mol. The van der Waals surface area contributed by atoms with Crippen molar-refractivity contribution in [1.29, 1.82) is 5.26 Å². The second kappa shape index (κ2) is 6.27. The summed E-state index contributed by atoms with van der Waals surface area (Å²) in [6, 6.07) is 1.92. The predicted octanol–water partition coefficient (Wildman–Crippen LogP) is -0.0831. The molecule has 2 heterocycles. The van der Waals surface area contributed by atoms with Crippen LogP contribution in [0.1, 0.15) is 17.1 Å². The summed E-state index contributed by atoms with van der Waals surface area (Å²) in [5.74, 6) is 0.948. The van der Waals surface area contributed by atoms with E-state index in [1.165, 1.54) is 6.33 Å². The van der Waals surface area contributed by atoms with Crippen LogP contribution >= 0.6 is 0 Å². The number of aromatic nitrogens is 5. The summed E-state index contributed by atoms with van der Waals surface area (Å²) in [5, 5.41) is 20.6. The number of hydrogen-bond donors (Lipinski definition) is 1. The molecule has 8 heteroatoms. The second-order valence-corrected chi connectivity index (χ2v) is 4.31. The maximum atomic E-state index is 8.81. The van der Waals surface area contributed by atoms with Crippen molar-refractivity contribution in [3.05, 3.63) is 23.4 Å². The van der Waals surface area contributed by atoms with Crippen LogP contribution in [-0.4, -0.2) is 44.8 Å². The van der Waals surface area contributed by atoms with Crippen LogP contribution < -0.4 is 5.32 Å². The quantitative estimate of drug-likeness (QED) is 0.741. The van der Waals surface area contributed by atoms with Gasteiger partial charge in [-0.05, 0) is 6.92 Å². The number of hydrogen-bond acceptors (Lipinski definition) is 6. The SMILES string of the molecule is COCCNCc1c(C)nn(C)c1-n1cnc(C#N)n1. The molecule has 20 heavy (non-hydrogen) atoms. The van der Waals surface area contributed by atoms with Gasteiger partial charge in [-0.1, -0.05) is 0 Å². The molecular formula is C12H17N7O. The summed E-state index contributed by atoms with van der Waals surface area (Å²) in [7, 11) is 3.51. The van der Waals surface area contributed by atoms with Crippen molar-refractivity contribution in [2.75, 3.05) is 20.3 Å². The van der Waals surface area contributed by atoms with Crippen LogP contribution in [0.5, 0.6) is 0 Å². The average Bonchev–Trinajstić information content (AvgIpc) is 2.99. The van der Waals surface area contributed by atoms with Crippen molar-refractivity contribution < 1.29 is 4.74 Å². The van der Waals surface area contributed by atoms with Gasteiger partial charge in [0.05, 0.1) is 12.3 Å². The van der Waals surface area contributed by atoms with E-state index in [4.69, 9.17) is 10.00 Å². The van der Waals surface area contributed by atoms with Crippen LogP contribution in [0.4, 0.5) is 0 Å². The fourth-order valence-electron chi connectivity index (χ4n) is 1.99. The molecule has 0 aliphatic rings. The van der Waals surface area contributed by atoms with Gasteiger partial charge in [-0.15, -0.1) is 5.10 Å². The molecule has 0 aliphatic carbocycles. The van der Waals surface area contributed by atoms with E-state index in [0.717, 1.165) is 23.6 Å². The summed E-state index contributed by atoms with van der Waals surface area (Å²) in [5.41, 5.74) is 1.94. The van der Waals surface area contributed by atoms with Gasteiger partial charge < -0.3 is 10.1 Å². The highest BCUT2D eigenvalue weighted by molar-refractivity contribution is 5.37. The molecule has 0 atom stereocenters. The molecule has 2 rings (SSSR count). The third kappa shape index (κ3) is 2.84. The first-order valence-electron chi connectivity index (χ1n) is 6.21. The zero-order valence-electron chi connectivity index (χ0n) is 11.8. The summed E-state index contributed by atoms with van der Waals surface area (Å²) in [4.78, 5) is 3.92. The zero-order valence-corrected chi connectivity index (χ0v) is 11.8. The molecule has 1 N–H and O–H groups in total. The van der Waals surface area contributed by atoms with Gasteiger partial charge in [-0.2, -0.15) is 10.4 Å². The summed E-state index contributed by atoms with van der Waals surface area (Å²) in [6.07, 6.45) is 1.52. The number of nitrogens with zero attached hydrogens (tertiary/aromatic N) is 6. The minimum absolute atomic E-state index is 0.141. The van der Waals surface area contributed by atoms with Crippen LogP contribution in [0.15, 0.2) is 6.33 Å². The molecule has 2 aromatic heterocycles. The van der Waals surface area contributed by atoms with E-state index in [1.54, 1.807) is 16.5 Å². The molecule has 0 saturated heterocycles. The Bertz CT molecular complexity index is 622. The van der Waals surface area contributed by atoms with Crippen molar-refractivity contribution in [3.63, 3.8) is 0 Å². The molecule has 2 aromatic rings. The Morgan fingerprint density at radius 1 is 1.45 bits per heavy atom. The molecule has 106 valence electrons. The normalized spacial score (nSPS) is 10.7. The fraction of sp³-hybridized carbons (Fsp3) is 0.500. The number of aryl methyl sites for hydroxylation is 2. The molecule has 0 fully saturated rings. The van der Waals surface area contributed by atoms with Gasteiger partial charge in [0.15, 0.2) is 5.82 Å². The first kappa shape index (κ1) is 14.2. The van der Waals surface area contributed by atoms with Gasteiger partial charge in [0.2, 0.25) is 0 Å². The van der Waals surface area contributed by atoms with Crippen molar-refractivity contribution in [2.24, 2.45) is 7.05 Å². The lowest BCUT2D eigenvalue weighted by molar-refractivity contribution is 0.199. The fourth-order valence-corrected chi connectivity index (χ4v) is 1.99. The average molecular weight is 275 g/mol. The Hall–Kier alpha value is -2.24. The third-order valence-corrected chi connectivity index (χ3v) is 2.91. The Balaban J connectivity index is 2.25. The largest absolute Gasteiger partial charge is 0.383 e. The van der Waals surface area contributed by atoms with Gasteiger partial charge in [0.25, 0.3) is 5.82 Å². The monoisotopic (exact) mass is 275 g/mol. The number of ether oxygens (including phenoxy) is 1. The van der Waals surface area contributed by atoms with Crippen LogP contribution in [0.3, 0.4) is 0 Å². The minimum atomic E-state index is 0.141. The number of nitriles is 1. The molecule has 0 spiro atoms. The Kier molecular flexibility index (Phi) is 4.45. The molecule has 8 nitrogen and oxygen atoms in total. The summed E-state index contributed by atoms with van der Waals surface area (Å²) < 4.78 is 8.31. The molecule has 0 saturated carbocycles. The first-order valence-corrected chi connectivity index (χ1v) is 6.21. The highest BCUT2D eigenvalue weighted by atomic mass is 16.5. The van der Waals surface area contributed by atoms with Crippen LogP contribution in [-0.2, 0) is 18.3 Å².